The third kappa shape index (κ3) is 4.78. The molecule has 1 amide bonds. The van der Waals surface area contributed by atoms with Crippen molar-refractivity contribution in [1.82, 2.24) is 9.97 Å². The molecule has 3 aromatic rings. The van der Waals surface area contributed by atoms with Gasteiger partial charge >= 0.3 is 5.97 Å². The van der Waals surface area contributed by atoms with Crippen LogP contribution in [0.2, 0.25) is 0 Å². The molecule has 1 heterocycles. The zero-order valence-electron chi connectivity index (χ0n) is 16.4. The molecule has 29 heavy (non-hydrogen) atoms. The second kappa shape index (κ2) is 9.01. The SMILES string of the molecule is CCOC(=O)c1nc(OCC(=O)Nc2cc(C)ccc2OC)c2ccccc2n1. The van der Waals surface area contributed by atoms with Crippen LogP contribution in [0.3, 0.4) is 0 Å². The number of fused-ring (bicyclic) bond motifs is 1. The summed E-state index contributed by atoms with van der Waals surface area (Å²) in [6, 6.07) is 12.5. The van der Waals surface area contributed by atoms with Crippen molar-refractivity contribution in [2.75, 3.05) is 25.6 Å². The van der Waals surface area contributed by atoms with Crippen LogP contribution in [0.15, 0.2) is 42.5 Å². The van der Waals surface area contributed by atoms with Crippen LogP contribution < -0.4 is 14.8 Å². The van der Waals surface area contributed by atoms with Crippen LogP contribution in [0, 0.1) is 6.92 Å². The molecule has 0 aliphatic carbocycles. The first kappa shape index (κ1) is 20.1. The molecule has 0 fully saturated rings. The number of methoxy groups -OCH3 is 1. The summed E-state index contributed by atoms with van der Waals surface area (Å²) in [6.07, 6.45) is 0. The van der Waals surface area contributed by atoms with Crippen LogP contribution in [0.5, 0.6) is 11.6 Å². The minimum absolute atomic E-state index is 0.124. The van der Waals surface area contributed by atoms with Crippen molar-refractivity contribution in [3.05, 3.63) is 53.9 Å². The second-order valence-corrected chi connectivity index (χ2v) is 6.13. The smallest absolute Gasteiger partial charge is 0.376 e. The van der Waals surface area contributed by atoms with Gasteiger partial charge in [0.15, 0.2) is 6.61 Å². The van der Waals surface area contributed by atoms with Crippen molar-refractivity contribution < 1.29 is 23.8 Å². The molecule has 0 unspecified atom stereocenters. The largest absolute Gasteiger partial charge is 0.495 e. The Hall–Kier alpha value is -3.68. The summed E-state index contributed by atoms with van der Waals surface area (Å²) in [4.78, 5) is 32.8. The van der Waals surface area contributed by atoms with Gasteiger partial charge in [0.1, 0.15) is 5.75 Å². The van der Waals surface area contributed by atoms with E-state index in [2.05, 4.69) is 15.3 Å². The number of carbonyl (C=O) groups is 2. The number of hydrogen-bond donors (Lipinski definition) is 1. The molecule has 0 aliphatic rings. The van der Waals surface area contributed by atoms with Gasteiger partial charge in [-0.05, 0) is 43.7 Å². The van der Waals surface area contributed by atoms with E-state index in [1.165, 1.54) is 7.11 Å². The Kier molecular flexibility index (Phi) is 6.23. The molecule has 0 aliphatic heterocycles. The number of anilines is 1. The summed E-state index contributed by atoms with van der Waals surface area (Å²) in [5.74, 6) is -0.501. The summed E-state index contributed by atoms with van der Waals surface area (Å²) >= 11 is 0. The van der Waals surface area contributed by atoms with E-state index < -0.39 is 11.9 Å². The predicted octanol–water partition coefficient (Wildman–Crippen LogP) is 3.14. The zero-order valence-corrected chi connectivity index (χ0v) is 16.4. The van der Waals surface area contributed by atoms with E-state index in [1.54, 1.807) is 43.3 Å². The average molecular weight is 395 g/mol. The third-order valence-electron chi connectivity index (χ3n) is 4.00. The standard InChI is InChI=1S/C21H21N3O5/c1-4-28-21(26)19-23-15-8-6-5-7-14(15)20(24-19)29-12-18(25)22-16-11-13(2)9-10-17(16)27-3/h5-11H,4,12H2,1-3H3,(H,22,25). The van der Waals surface area contributed by atoms with Crippen LogP contribution in [-0.4, -0.2) is 42.2 Å². The number of aromatic nitrogens is 2. The van der Waals surface area contributed by atoms with Crippen LogP contribution in [0.1, 0.15) is 23.1 Å². The number of aryl methyl sites for hydroxylation is 1. The normalized spacial score (nSPS) is 10.4. The highest BCUT2D eigenvalue weighted by molar-refractivity contribution is 5.94. The Bertz CT molecular complexity index is 1050. The third-order valence-corrected chi connectivity index (χ3v) is 4.00. The molecule has 3 rings (SSSR count). The first-order valence-corrected chi connectivity index (χ1v) is 9.03. The van der Waals surface area contributed by atoms with Crippen molar-refractivity contribution in [3.8, 4) is 11.6 Å². The maximum atomic E-state index is 12.4. The maximum absolute atomic E-state index is 12.4. The molecule has 8 nitrogen and oxygen atoms in total. The Balaban J connectivity index is 1.80. The van der Waals surface area contributed by atoms with Crippen molar-refractivity contribution >= 4 is 28.5 Å². The lowest BCUT2D eigenvalue weighted by atomic mass is 10.2. The van der Waals surface area contributed by atoms with E-state index in [9.17, 15) is 9.59 Å². The number of nitrogens with one attached hydrogen (secondary N) is 1. The van der Waals surface area contributed by atoms with Gasteiger partial charge in [-0.15, -0.1) is 0 Å². The summed E-state index contributed by atoms with van der Waals surface area (Å²) in [5, 5.41) is 3.34. The first-order chi connectivity index (χ1) is 14.0. The highest BCUT2D eigenvalue weighted by Gasteiger charge is 2.17. The Morgan fingerprint density at radius 1 is 1.10 bits per heavy atom. The molecular formula is C21H21N3O5. The van der Waals surface area contributed by atoms with Gasteiger partial charge in [0, 0.05) is 0 Å². The van der Waals surface area contributed by atoms with Crippen molar-refractivity contribution in [3.63, 3.8) is 0 Å². The maximum Gasteiger partial charge on any atom is 0.376 e. The molecule has 8 heteroatoms. The van der Waals surface area contributed by atoms with E-state index in [-0.39, 0.29) is 24.9 Å². The number of ether oxygens (including phenoxy) is 3. The number of carbonyl (C=O) groups excluding carboxylic acids is 2. The minimum Gasteiger partial charge on any atom is -0.495 e. The number of esters is 1. The molecule has 0 saturated carbocycles. The highest BCUT2D eigenvalue weighted by atomic mass is 16.5. The van der Waals surface area contributed by atoms with Gasteiger partial charge in [0.2, 0.25) is 11.7 Å². The summed E-state index contributed by atoms with van der Waals surface area (Å²) in [5.41, 5.74) is 2.03. The van der Waals surface area contributed by atoms with Crippen LogP contribution in [0.4, 0.5) is 5.69 Å². The predicted molar refractivity (Wildman–Crippen MR) is 107 cm³/mol. The number of para-hydroxylation sites is 1. The molecule has 0 radical (unpaired) electrons. The van der Waals surface area contributed by atoms with Gasteiger partial charge in [-0.1, -0.05) is 18.2 Å². The van der Waals surface area contributed by atoms with Gasteiger partial charge in [0.05, 0.1) is 30.3 Å². The molecule has 0 atom stereocenters. The topological polar surface area (TPSA) is 99.6 Å². The molecule has 0 saturated heterocycles. The van der Waals surface area contributed by atoms with E-state index >= 15 is 0 Å². The summed E-state index contributed by atoms with van der Waals surface area (Å²) in [7, 11) is 1.53. The van der Waals surface area contributed by atoms with Gasteiger partial charge in [-0.2, -0.15) is 4.98 Å². The van der Waals surface area contributed by atoms with Crippen molar-refractivity contribution in [2.24, 2.45) is 0 Å². The fraction of sp³-hybridized carbons (Fsp3) is 0.238. The summed E-state index contributed by atoms with van der Waals surface area (Å²) < 4.78 is 15.8. The molecule has 150 valence electrons. The number of amides is 1. The van der Waals surface area contributed by atoms with Gasteiger partial charge in [-0.3, -0.25) is 4.79 Å². The Morgan fingerprint density at radius 3 is 2.66 bits per heavy atom. The average Bonchev–Trinajstić information content (AvgIpc) is 2.72. The molecule has 0 spiro atoms. The monoisotopic (exact) mass is 395 g/mol. The van der Waals surface area contributed by atoms with Crippen molar-refractivity contribution in [2.45, 2.75) is 13.8 Å². The molecule has 2 aromatic carbocycles. The fourth-order valence-electron chi connectivity index (χ4n) is 2.68. The van der Waals surface area contributed by atoms with E-state index in [0.717, 1.165) is 5.56 Å². The Morgan fingerprint density at radius 2 is 1.90 bits per heavy atom. The van der Waals surface area contributed by atoms with Gasteiger partial charge in [0.25, 0.3) is 5.91 Å². The number of rotatable bonds is 7. The first-order valence-electron chi connectivity index (χ1n) is 9.03. The lowest BCUT2D eigenvalue weighted by Gasteiger charge is -2.12. The van der Waals surface area contributed by atoms with Gasteiger partial charge in [-0.25, -0.2) is 9.78 Å². The Labute approximate surface area is 167 Å². The van der Waals surface area contributed by atoms with Crippen LogP contribution in [0.25, 0.3) is 10.9 Å². The summed E-state index contributed by atoms with van der Waals surface area (Å²) in [6.45, 7) is 3.50. The molecule has 1 N–H and O–H groups in total. The number of nitrogens with zero attached hydrogens (tertiary/aromatic N) is 2. The quantitative estimate of drug-likeness (QED) is 0.614. The lowest BCUT2D eigenvalue weighted by Crippen LogP contribution is -2.21. The van der Waals surface area contributed by atoms with Crippen molar-refractivity contribution in [1.29, 1.82) is 0 Å². The second-order valence-electron chi connectivity index (χ2n) is 6.13. The van der Waals surface area contributed by atoms with E-state index in [1.807, 2.05) is 13.0 Å². The lowest BCUT2D eigenvalue weighted by molar-refractivity contribution is -0.118. The van der Waals surface area contributed by atoms with Crippen LogP contribution in [-0.2, 0) is 9.53 Å². The van der Waals surface area contributed by atoms with E-state index in [0.29, 0.717) is 22.3 Å². The fourth-order valence-corrected chi connectivity index (χ4v) is 2.68. The molecule has 0 bridgehead atoms. The van der Waals surface area contributed by atoms with E-state index in [4.69, 9.17) is 14.2 Å². The van der Waals surface area contributed by atoms with Gasteiger partial charge < -0.3 is 19.5 Å². The molecule has 1 aromatic heterocycles. The minimum atomic E-state index is -0.656. The van der Waals surface area contributed by atoms with Crippen LogP contribution >= 0.6 is 0 Å². The number of benzene rings is 2. The zero-order chi connectivity index (χ0) is 20.8. The highest BCUT2D eigenvalue weighted by Crippen LogP contribution is 2.26. The number of hydrogen-bond acceptors (Lipinski definition) is 7. The molecular weight excluding hydrogens is 374 g/mol.